The number of benzene rings is 2. The summed E-state index contributed by atoms with van der Waals surface area (Å²) in [7, 11) is 0. The number of hydrogen-bond acceptors (Lipinski definition) is 3. The van der Waals surface area contributed by atoms with Crippen molar-refractivity contribution in [1.29, 1.82) is 0 Å². The first-order valence-corrected chi connectivity index (χ1v) is 10.4. The number of nitrogens with zero attached hydrogens (tertiary/aromatic N) is 3. The number of aryl methyl sites for hydroxylation is 1. The van der Waals surface area contributed by atoms with Gasteiger partial charge in [0.1, 0.15) is 17.9 Å². The summed E-state index contributed by atoms with van der Waals surface area (Å²) >= 11 is 0. The van der Waals surface area contributed by atoms with E-state index in [1.807, 2.05) is 48.2 Å². The summed E-state index contributed by atoms with van der Waals surface area (Å²) in [6.07, 6.45) is 3.75. The molecule has 2 aromatic carbocycles. The first-order valence-electron chi connectivity index (χ1n) is 10.4. The Morgan fingerprint density at radius 1 is 1.00 bits per heavy atom. The molecule has 2 heterocycles. The van der Waals surface area contributed by atoms with Crippen molar-refractivity contribution in [3.8, 4) is 0 Å². The Kier molecular flexibility index (Phi) is 4.26. The van der Waals surface area contributed by atoms with E-state index in [0.29, 0.717) is 18.8 Å². The van der Waals surface area contributed by atoms with Crippen LogP contribution in [0.3, 0.4) is 0 Å². The van der Waals surface area contributed by atoms with Crippen molar-refractivity contribution in [2.24, 2.45) is 4.99 Å². The minimum Gasteiger partial charge on any atom is -0.332 e. The van der Waals surface area contributed by atoms with Crippen LogP contribution < -0.4 is 0 Å². The number of amides is 2. The van der Waals surface area contributed by atoms with Gasteiger partial charge in [-0.3, -0.25) is 14.6 Å². The monoisotopic (exact) mass is 387 g/mol. The molecule has 0 unspecified atom stereocenters. The maximum absolute atomic E-state index is 13.3. The Hall–Kier alpha value is -2.95. The molecule has 2 aromatic rings. The summed E-state index contributed by atoms with van der Waals surface area (Å²) in [5.41, 5.74) is 4.34. The highest BCUT2D eigenvalue weighted by Gasteiger charge is 2.49. The van der Waals surface area contributed by atoms with Gasteiger partial charge in [0, 0.05) is 18.7 Å². The van der Waals surface area contributed by atoms with Crippen LogP contribution in [0.4, 0.5) is 0 Å². The quantitative estimate of drug-likeness (QED) is 0.810. The lowest BCUT2D eigenvalue weighted by atomic mass is 10.1. The number of aliphatic imine (C=N–C) groups is 1. The van der Waals surface area contributed by atoms with E-state index in [1.165, 1.54) is 11.1 Å². The van der Waals surface area contributed by atoms with Crippen LogP contribution in [0.25, 0.3) is 0 Å². The summed E-state index contributed by atoms with van der Waals surface area (Å²) in [5.74, 6) is -0.109. The third-order valence-corrected chi connectivity index (χ3v) is 6.49. The molecule has 2 aliphatic heterocycles. The highest BCUT2D eigenvalue weighted by molar-refractivity contribution is 6.47. The van der Waals surface area contributed by atoms with Crippen molar-refractivity contribution in [2.75, 3.05) is 6.54 Å². The molecular formula is C24H25N3O2. The molecular weight excluding hydrogens is 362 g/mol. The maximum atomic E-state index is 13.3. The van der Waals surface area contributed by atoms with Gasteiger partial charge in [-0.25, -0.2) is 0 Å². The van der Waals surface area contributed by atoms with Gasteiger partial charge in [-0.15, -0.1) is 0 Å². The summed E-state index contributed by atoms with van der Waals surface area (Å²) < 4.78 is 0. The predicted octanol–water partition coefficient (Wildman–Crippen LogP) is 3.44. The average Bonchev–Trinajstić information content (AvgIpc) is 3.43. The summed E-state index contributed by atoms with van der Waals surface area (Å²) in [5, 5.41) is 0. The standard InChI is InChI=1S/C24H25N3O2/c1-17-8-10-18(11-9-17)22-23(29)27(24(25-22)12-4-5-13-24)16-21(28)26-14-19-6-2-3-7-20(19)15-26/h2-3,6-11H,4-5,12-16H2,1H3. The number of carbonyl (C=O) groups excluding carboxylic acids is 2. The molecule has 148 valence electrons. The van der Waals surface area contributed by atoms with Crippen molar-refractivity contribution in [1.82, 2.24) is 9.80 Å². The topological polar surface area (TPSA) is 53.0 Å². The molecule has 3 aliphatic rings. The van der Waals surface area contributed by atoms with Crippen LogP contribution in [0.2, 0.25) is 0 Å². The van der Waals surface area contributed by atoms with E-state index < -0.39 is 5.66 Å². The predicted molar refractivity (Wildman–Crippen MR) is 111 cm³/mol. The van der Waals surface area contributed by atoms with Crippen molar-refractivity contribution in [3.05, 3.63) is 70.8 Å². The lowest BCUT2D eigenvalue weighted by Gasteiger charge is -2.33. The molecule has 2 amide bonds. The molecule has 0 saturated heterocycles. The average molecular weight is 387 g/mol. The molecule has 1 fully saturated rings. The van der Waals surface area contributed by atoms with E-state index in [-0.39, 0.29) is 18.4 Å². The molecule has 1 spiro atoms. The first-order chi connectivity index (χ1) is 14.1. The second-order valence-electron chi connectivity index (χ2n) is 8.43. The smallest absolute Gasteiger partial charge is 0.275 e. The van der Waals surface area contributed by atoms with Gasteiger partial charge in [0.15, 0.2) is 0 Å². The fourth-order valence-electron chi connectivity index (χ4n) is 4.82. The molecule has 1 saturated carbocycles. The van der Waals surface area contributed by atoms with Crippen molar-refractivity contribution in [2.45, 2.75) is 51.4 Å². The molecule has 0 atom stereocenters. The Balaban J connectivity index is 1.39. The number of rotatable bonds is 3. The third kappa shape index (κ3) is 3.05. The maximum Gasteiger partial charge on any atom is 0.275 e. The second-order valence-corrected chi connectivity index (χ2v) is 8.43. The zero-order chi connectivity index (χ0) is 20.0. The van der Waals surface area contributed by atoms with Gasteiger partial charge in [-0.05, 0) is 43.7 Å². The Morgan fingerprint density at radius 3 is 2.24 bits per heavy atom. The van der Waals surface area contributed by atoms with Gasteiger partial charge in [-0.1, -0.05) is 54.1 Å². The van der Waals surface area contributed by atoms with E-state index in [4.69, 9.17) is 4.99 Å². The molecule has 0 bridgehead atoms. The molecule has 5 nitrogen and oxygen atoms in total. The zero-order valence-corrected chi connectivity index (χ0v) is 16.7. The fourth-order valence-corrected chi connectivity index (χ4v) is 4.82. The lowest BCUT2D eigenvalue weighted by molar-refractivity contribution is -0.140. The van der Waals surface area contributed by atoms with Gasteiger partial charge in [0.2, 0.25) is 5.91 Å². The van der Waals surface area contributed by atoms with Crippen LogP contribution >= 0.6 is 0 Å². The molecule has 5 heteroatoms. The van der Waals surface area contributed by atoms with E-state index in [0.717, 1.165) is 36.8 Å². The van der Waals surface area contributed by atoms with E-state index >= 15 is 0 Å². The Bertz CT molecular complexity index is 978. The van der Waals surface area contributed by atoms with Gasteiger partial charge in [0.05, 0.1) is 0 Å². The fraction of sp³-hybridized carbons (Fsp3) is 0.375. The number of hydrogen-bond donors (Lipinski definition) is 0. The summed E-state index contributed by atoms with van der Waals surface area (Å²) in [6, 6.07) is 16.1. The van der Waals surface area contributed by atoms with Crippen molar-refractivity contribution < 1.29 is 9.59 Å². The van der Waals surface area contributed by atoms with Crippen molar-refractivity contribution >= 4 is 17.5 Å². The van der Waals surface area contributed by atoms with E-state index in [9.17, 15) is 9.59 Å². The van der Waals surface area contributed by atoms with Crippen LogP contribution in [0.5, 0.6) is 0 Å². The minimum atomic E-state index is -0.542. The first kappa shape index (κ1) is 18.1. The second kappa shape index (κ2) is 6.83. The van der Waals surface area contributed by atoms with Crippen LogP contribution in [0.1, 0.15) is 47.9 Å². The molecule has 0 radical (unpaired) electrons. The van der Waals surface area contributed by atoms with Crippen LogP contribution in [0.15, 0.2) is 53.5 Å². The summed E-state index contributed by atoms with van der Waals surface area (Å²) in [4.78, 5) is 35.0. The minimum absolute atomic E-state index is 0.00109. The molecule has 0 N–H and O–H groups in total. The Morgan fingerprint density at radius 2 is 1.62 bits per heavy atom. The molecule has 29 heavy (non-hydrogen) atoms. The summed E-state index contributed by atoms with van der Waals surface area (Å²) in [6.45, 7) is 3.37. The van der Waals surface area contributed by atoms with Gasteiger partial charge >= 0.3 is 0 Å². The van der Waals surface area contributed by atoms with E-state index in [2.05, 4.69) is 12.1 Å². The highest BCUT2D eigenvalue weighted by Crippen LogP contribution is 2.41. The van der Waals surface area contributed by atoms with Gasteiger partial charge in [0.25, 0.3) is 5.91 Å². The molecule has 0 aromatic heterocycles. The zero-order valence-electron chi connectivity index (χ0n) is 16.7. The number of carbonyl (C=O) groups is 2. The molecule has 5 rings (SSSR count). The van der Waals surface area contributed by atoms with Crippen molar-refractivity contribution in [3.63, 3.8) is 0 Å². The van der Waals surface area contributed by atoms with Crippen LogP contribution in [0, 0.1) is 6.92 Å². The Labute approximate surface area is 171 Å². The van der Waals surface area contributed by atoms with Crippen LogP contribution in [-0.4, -0.2) is 39.5 Å². The third-order valence-electron chi connectivity index (χ3n) is 6.49. The van der Waals surface area contributed by atoms with Gasteiger partial charge in [-0.2, -0.15) is 0 Å². The largest absolute Gasteiger partial charge is 0.332 e. The normalized spacial score (nSPS) is 19.8. The number of fused-ring (bicyclic) bond motifs is 1. The molecule has 1 aliphatic carbocycles. The van der Waals surface area contributed by atoms with Gasteiger partial charge < -0.3 is 9.80 Å². The lowest BCUT2D eigenvalue weighted by Crippen LogP contribution is -2.50. The van der Waals surface area contributed by atoms with Crippen LogP contribution in [-0.2, 0) is 22.7 Å². The SMILES string of the molecule is Cc1ccc(C2=NC3(CCCC3)N(CC(=O)N3Cc4ccccc4C3)C2=O)cc1. The highest BCUT2D eigenvalue weighted by atomic mass is 16.2. The van der Waals surface area contributed by atoms with E-state index in [1.54, 1.807) is 4.90 Å².